The maximum Gasteiger partial charge on any atom is 0.163 e. The van der Waals surface area contributed by atoms with Crippen LogP contribution in [0.15, 0.2) is 18.2 Å². The van der Waals surface area contributed by atoms with Crippen molar-refractivity contribution in [2.75, 3.05) is 58.8 Å². The Morgan fingerprint density at radius 3 is 2.66 bits per heavy atom. The minimum absolute atomic E-state index is 0.547. The number of fused-ring (bicyclic) bond motifs is 1. The molecule has 6 heteroatoms. The lowest BCUT2D eigenvalue weighted by Crippen LogP contribution is -2.26. The zero-order valence-corrected chi connectivity index (χ0v) is 17.8. The van der Waals surface area contributed by atoms with Crippen molar-refractivity contribution < 1.29 is 9.47 Å². The highest BCUT2D eigenvalue weighted by atomic mass is 16.5. The third-order valence-corrected chi connectivity index (χ3v) is 6.24. The number of methoxy groups -OCH3 is 1. The lowest BCUT2D eigenvalue weighted by atomic mass is 9.88. The fraction of sp³-hybridized carbons (Fsp3) is 0.609. The molecule has 0 aliphatic carbocycles. The van der Waals surface area contributed by atoms with Crippen molar-refractivity contribution in [3.63, 3.8) is 0 Å². The third-order valence-electron chi connectivity index (χ3n) is 6.24. The van der Waals surface area contributed by atoms with Crippen molar-refractivity contribution in [2.45, 2.75) is 38.0 Å². The van der Waals surface area contributed by atoms with Gasteiger partial charge in [-0.2, -0.15) is 0 Å². The summed E-state index contributed by atoms with van der Waals surface area (Å²) < 4.78 is 11.8. The Hall–Kier alpha value is -2.05. The van der Waals surface area contributed by atoms with Crippen LogP contribution in [-0.4, -0.2) is 63.4 Å². The maximum atomic E-state index is 6.13. The molecule has 6 nitrogen and oxygen atoms in total. The summed E-state index contributed by atoms with van der Waals surface area (Å²) in [5.74, 6) is 3.05. The number of rotatable bonds is 8. The Balaban J connectivity index is 1.56. The Bertz CT molecular complexity index is 814. The van der Waals surface area contributed by atoms with E-state index in [0.29, 0.717) is 12.5 Å². The quantitative estimate of drug-likeness (QED) is 0.663. The Morgan fingerprint density at radius 2 is 1.93 bits per heavy atom. The molecule has 2 aliphatic heterocycles. The molecule has 2 saturated heterocycles. The van der Waals surface area contributed by atoms with Gasteiger partial charge in [0.25, 0.3) is 0 Å². The van der Waals surface area contributed by atoms with E-state index in [-0.39, 0.29) is 0 Å². The summed E-state index contributed by atoms with van der Waals surface area (Å²) in [6, 6.07) is 6.37. The van der Waals surface area contributed by atoms with Crippen LogP contribution >= 0.6 is 0 Å². The van der Waals surface area contributed by atoms with Crippen LogP contribution in [0.25, 0.3) is 10.9 Å². The highest BCUT2D eigenvalue weighted by Gasteiger charge is 2.21. The van der Waals surface area contributed by atoms with Gasteiger partial charge < -0.3 is 25.0 Å². The molecule has 158 valence electrons. The van der Waals surface area contributed by atoms with Crippen LogP contribution in [-0.2, 0) is 0 Å². The second kappa shape index (κ2) is 9.63. The first-order valence-corrected chi connectivity index (χ1v) is 11.0. The van der Waals surface area contributed by atoms with Crippen molar-refractivity contribution >= 4 is 16.7 Å². The molecule has 1 aromatic carbocycles. The second-order valence-corrected chi connectivity index (χ2v) is 8.14. The average molecular weight is 399 g/mol. The highest BCUT2D eigenvalue weighted by molar-refractivity contribution is 5.88. The van der Waals surface area contributed by atoms with Gasteiger partial charge in [0, 0.05) is 25.0 Å². The molecule has 3 heterocycles. The zero-order valence-electron chi connectivity index (χ0n) is 17.8. The number of aromatic nitrogens is 1. The summed E-state index contributed by atoms with van der Waals surface area (Å²) in [6.07, 6.45) is 6.00. The van der Waals surface area contributed by atoms with Crippen molar-refractivity contribution in [3.05, 3.63) is 23.8 Å². The van der Waals surface area contributed by atoms with Gasteiger partial charge in [0.05, 0.1) is 19.2 Å². The van der Waals surface area contributed by atoms with Crippen LogP contribution in [0.1, 0.15) is 43.6 Å². The fourth-order valence-corrected chi connectivity index (χ4v) is 4.61. The highest BCUT2D eigenvalue weighted by Crippen LogP contribution is 2.38. The van der Waals surface area contributed by atoms with Gasteiger partial charge in [-0.1, -0.05) is 0 Å². The number of hydrogen-bond acceptors (Lipinski definition) is 6. The zero-order chi connectivity index (χ0) is 20.1. The van der Waals surface area contributed by atoms with E-state index >= 15 is 0 Å². The van der Waals surface area contributed by atoms with Crippen molar-refractivity contribution in [3.8, 4) is 11.5 Å². The van der Waals surface area contributed by atoms with Crippen LogP contribution in [0.3, 0.4) is 0 Å². The van der Waals surface area contributed by atoms with E-state index in [1.807, 2.05) is 7.05 Å². The topological polar surface area (TPSA) is 58.6 Å². The van der Waals surface area contributed by atoms with E-state index in [1.54, 1.807) is 7.11 Å². The molecule has 2 aliphatic rings. The van der Waals surface area contributed by atoms with Crippen molar-refractivity contribution in [1.82, 2.24) is 15.2 Å². The number of nitrogens with one attached hydrogen (secondary N) is 2. The fourth-order valence-electron chi connectivity index (χ4n) is 4.61. The standard InChI is InChI=1S/C23H34N4O2/c1-24-23-15-18(17-6-8-25-9-7-17)19-14-21(28-2)22(16-20(19)26-23)29-13-5-12-27-10-3-4-11-27/h14-17,25H,3-13H2,1-2H3,(H,24,26). The molecule has 0 radical (unpaired) electrons. The first-order chi connectivity index (χ1) is 14.3. The molecule has 2 aromatic rings. The number of benzene rings is 1. The second-order valence-electron chi connectivity index (χ2n) is 8.14. The normalized spacial score (nSPS) is 18.3. The minimum Gasteiger partial charge on any atom is -0.493 e. The van der Waals surface area contributed by atoms with Gasteiger partial charge in [-0.05, 0) is 81.9 Å². The molecule has 0 spiro atoms. The SMILES string of the molecule is CNc1cc(C2CCNCC2)c2cc(OC)c(OCCCN3CCCC3)cc2n1. The van der Waals surface area contributed by atoms with Crippen LogP contribution in [0.5, 0.6) is 11.5 Å². The van der Waals surface area contributed by atoms with Crippen molar-refractivity contribution in [1.29, 1.82) is 0 Å². The molecule has 29 heavy (non-hydrogen) atoms. The third kappa shape index (κ3) is 4.75. The van der Waals surface area contributed by atoms with Crippen LogP contribution in [0.4, 0.5) is 5.82 Å². The van der Waals surface area contributed by atoms with E-state index in [0.717, 1.165) is 61.7 Å². The van der Waals surface area contributed by atoms with Gasteiger partial charge in [-0.3, -0.25) is 0 Å². The molecule has 0 saturated carbocycles. The lowest BCUT2D eigenvalue weighted by molar-refractivity contribution is 0.254. The van der Waals surface area contributed by atoms with Gasteiger partial charge in [-0.15, -0.1) is 0 Å². The number of likely N-dealkylation sites (tertiary alicyclic amines) is 1. The predicted molar refractivity (Wildman–Crippen MR) is 118 cm³/mol. The molecule has 0 atom stereocenters. The summed E-state index contributed by atoms with van der Waals surface area (Å²) in [5.41, 5.74) is 2.33. The maximum absolute atomic E-state index is 6.13. The molecule has 2 N–H and O–H groups in total. The summed E-state index contributed by atoms with van der Waals surface area (Å²) in [4.78, 5) is 7.33. The van der Waals surface area contributed by atoms with Gasteiger partial charge in [-0.25, -0.2) is 4.98 Å². The number of anilines is 1. The van der Waals surface area contributed by atoms with Crippen LogP contribution in [0, 0.1) is 0 Å². The van der Waals surface area contributed by atoms with Crippen LogP contribution < -0.4 is 20.1 Å². The largest absolute Gasteiger partial charge is 0.493 e. The van der Waals surface area contributed by atoms with E-state index < -0.39 is 0 Å². The summed E-state index contributed by atoms with van der Waals surface area (Å²) in [7, 11) is 3.65. The van der Waals surface area contributed by atoms with E-state index in [9.17, 15) is 0 Å². The molecule has 0 amide bonds. The van der Waals surface area contributed by atoms with Crippen LogP contribution in [0.2, 0.25) is 0 Å². The molecule has 0 unspecified atom stereocenters. The van der Waals surface area contributed by atoms with E-state index in [2.05, 4.69) is 33.7 Å². The summed E-state index contributed by atoms with van der Waals surface area (Å²) >= 11 is 0. The predicted octanol–water partition coefficient (Wildman–Crippen LogP) is 3.62. The molecular formula is C23H34N4O2. The minimum atomic E-state index is 0.547. The monoisotopic (exact) mass is 398 g/mol. The van der Waals surface area contributed by atoms with Gasteiger partial charge in [0.15, 0.2) is 11.5 Å². The number of pyridine rings is 1. The summed E-state index contributed by atoms with van der Waals surface area (Å²) in [5, 5.41) is 7.87. The molecule has 0 bridgehead atoms. The molecule has 2 fully saturated rings. The molecule has 1 aromatic heterocycles. The first-order valence-electron chi connectivity index (χ1n) is 11.0. The smallest absolute Gasteiger partial charge is 0.163 e. The first kappa shape index (κ1) is 20.2. The lowest BCUT2D eigenvalue weighted by Gasteiger charge is -2.25. The number of ether oxygens (including phenoxy) is 2. The van der Waals surface area contributed by atoms with Gasteiger partial charge in [0.1, 0.15) is 5.82 Å². The Kier molecular flexibility index (Phi) is 6.72. The summed E-state index contributed by atoms with van der Waals surface area (Å²) in [6.45, 7) is 6.41. The average Bonchev–Trinajstić information content (AvgIpc) is 3.29. The van der Waals surface area contributed by atoms with E-state index in [1.165, 1.54) is 36.9 Å². The molecule has 4 rings (SSSR count). The van der Waals surface area contributed by atoms with Gasteiger partial charge in [0.2, 0.25) is 0 Å². The number of nitrogens with zero attached hydrogens (tertiary/aromatic N) is 2. The molecular weight excluding hydrogens is 364 g/mol. The van der Waals surface area contributed by atoms with E-state index in [4.69, 9.17) is 14.5 Å². The Morgan fingerprint density at radius 1 is 1.14 bits per heavy atom. The number of hydrogen-bond donors (Lipinski definition) is 2. The van der Waals surface area contributed by atoms with Crippen molar-refractivity contribution in [2.24, 2.45) is 0 Å². The Labute approximate surface area is 174 Å². The van der Waals surface area contributed by atoms with Gasteiger partial charge >= 0.3 is 0 Å². The number of piperidine rings is 1.